The predicted molar refractivity (Wildman–Crippen MR) is 142 cm³/mol. The number of pyridine rings is 2. The van der Waals surface area contributed by atoms with Crippen molar-refractivity contribution in [2.45, 2.75) is 24.8 Å². The van der Waals surface area contributed by atoms with Crippen LogP contribution in [0, 0.1) is 0 Å². The van der Waals surface area contributed by atoms with Crippen molar-refractivity contribution < 1.29 is 23.5 Å². The molecule has 0 saturated carbocycles. The number of rotatable bonds is 6. The fourth-order valence-corrected chi connectivity index (χ4v) is 4.79. The number of carboxylic acid groups (broad SMARTS) is 1. The number of benzene rings is 2. The van der Waals surface area contributed by atoms with E-state index in [1.807, 2.05) is 0 Å². The van der Waals surface area contributed by atoms with E-state index in [2.05, 4.69) is 15.1 Å². The Hall–Kier alpha value is -4.15. The molecule has 0 fully saturated rings. The van der Waals surface area contributed by atoms with Gasteiger partial charge in [0.1, 0.15) is 12.1 Å². The van der Waals surface area contributed by atoms with Crippen molar-refractivity contribution in [2.24, 2.45) is 5.10 Å². The Morgan fingerprint density at radius 2 is 1.67 bits per heavy atom. The number of aliphatic carboxylic acids is 1. The van der Waals surface area contributed by atoms with Gasteiger partial charge >= 0.3 is 17.8 Å². The van der Waals surface area contributed by atoms with E-state index in [0.29, 0.717) is 42.8 Å². The number of carboxylic acids is 1. The fourth-order valence-electron chi connectivity index (χ4n) is 4.54. The summed E-state index contributed by atoms with van der Waals surface area (Å²) >= 11 is 12.1. The number of carbonyl (C=O) groups excluding carboxylic acids is 1. The van der Waals surface area contributed by atoms with Gasteiger partial charge in [-0.1, -0.05) is 47.5 Å². The lowest BCUT2D eigenvalue weighted by Crippen LogP contribution is -2.42. The topological polar surface area (TPSA) is 116 Å². The molecule has 0 aliphatic carbocycles. The zero-order chi connectivity index (χ0) is 27.9. The van der Waals surface area contributed by atoms with E-state index in [1.54, 1.807) is 48.5 Å². The number of fused-ring (bicyclic) bond motifs is 1. The molecule has 12 heteroatoms. The summed E-state index contributed by atoms with van der Waals surface area (Å²) in [6.45, 7) is 0. The average molecular weight is 571 g/mol. The number of nitrogens with zero attached hydrogens (tertiary/aromatic N) is 3. The number of carbonyl (C=O) groups is 2. The monoisotopic (exact) mass is 570 g/mol. The molecule has 0 spiro atoms. The number of hydrogen-bond acceptors (Lipinski definition) is 5. The van der Waals surface area contributed by atoms with Crippen molar-refractivity contribution in [3.05, 3.63) is 98.4 Å². The summed E-state index contributed by atoms with van der Waals surface area (Å²) < 4.78 is 29.4. The van der Waals surface area contributed by atoms with Gasteiger partial charge in [0.2, 0.25) is 0 Å². The first-order valence-electron chi connectivity index (χ1n) is 11.6. The Kier molecular flexibility index (Phi) is 6.92. The number of amides is 1. The van der Waals surface area contributed by atoms with Crippen LogP contribution in [-0.2, 0) is 9.59 Å². The molecule has 0 unspecified atom stereocenters. The molecule has 2 aromatic carbocycles. The van der Waals surface area contributed by atoms with Crippen LogP contribution in [0.15, 0.2) is 76.8 Å². The van der Waals surface area contributed by atoms with Crippen molar-refractivity contribution >= 4 is 51.8 Å². The first-order valence-corrected chi connectivity index (χ1v) is 12.3. The highest BCUT2D eigenvalue weighted by molar-refractivity contribution is 6.31. The minimum atomic E-state index is -4.24. The number of halogens is 4. The molecule has 1 aliphatic heterocycles. The van der Waals surface area contributed by atoms with E-state index in [-0.39, 0.29) is 17.7 Å². The number of nitrogens with one attached hydrogen (secondary N) is 1. The van der Waals surface area contributed by atoms with Gasteiger partial charge in [-0.3, -0.25) is 14.4 Å². The van der Waals surface area contributed by atoms with Gasteiger partial charge in [0.15, 0.2) is 0 Å². The Morgan fingerprint density at radius 3 is 2.31 bits per heavy atom. The van der Waals surface area contributed by atoms with Crippen molar-refractivity contribution in [1.82, 2.24) is 15.0 Å². The zero-order valence-corrected chi connectivity index (χ0v) is 21.4. The van der Waals surface area contributed by atoms with Gasteiger partial charge in [-0.25, -0.2) is 9.99 Å². The maximum atomic E-state index is 14.7. The minimum absolute atomic E-state index is 0.0615. The number of H-pyrrole nitrogens is 1. The quantitative estimate of drug-likeness (QED) is 0.309. The summed E-state index contributed by atoms with van der Waals surface area (Å²) in [6.07, 6.45) is -0.303. The van der Waals surface area contributed by atoms with Crippen LogP contribution >= 0.6 is 23.2 Å². The van der Waals surface area contributed by atoms with Gasteiger partial charge < -0.3 is 10.1 Å². The summed E-state index contributed by atoms with van der Waals surface area (Å²) in [6, 6.07) is 15.2. The first kappa shape index (κ1) is 26.5. The van der Waals surface area contributed by atoms with Gasteiger partial charge in [0.25, 0.3) is 5.56 Å². The second kappa shape index (κ2) is 10.2. The van der Waals surface area contributed by atoms with Crippen LogP contribution in [-0.4, -0.2) is 43.6 Å². The Labute approximate surface area is 229 Å². The summed E-state index contributed by atoms with van der Waals surface area (Å²) in [5.74, 6) is -7.89. The molecule has 2 N–H and O–H groups in total. The minimum Gasteiger partial charge on any atom is -0.481 e. The molecular weight excluding hydrogens is 553 g/mol. The van der Waals surface area contributed by atoms with Crippen molar-refractivity contribution in [2.75, 3.05) is 0 Å². The van der Waals surface area contributed by atoms with Crippen LogP contribution in [0.2, 0.25) is 10.0 Å². The standard InChI is InChI=1S/C27H18Cl2F2N4O4/c28-16-7-3-14(4-8-16)20-12-19(34-35(20)26(39)27(30,31)13-21(36)37)23-22(15-5-9-17(29)10-6-15)18-2-1-11-32-24(18)33-25(23)38/h1-11,20H,12-13H2,(H,36,37)(H,32,33,38)/t20-/m1/s1. The molecule has 0 radical (unpaired) electrons. The predicted octanol–water partition coefficient (Wildman–Crippen LogP) is 5.68. The van der Waals surface area contributed by atoms with Gasteiger partial charge in [0, 0.05) is 33.6 Å². The van der Waals surface area contributed by atoms with Crippen molar-refractivity contribution in [1.29, 1.82) is 0 Å². The summed E-state index contributed by atoms with van der Waals surface area (Å²) in [4.78, 5) is 44.4. The molecule has 1 atom stereocenters. The van der Waals surface area contributed by atoms with Gasteiger partial charge in [-0.15, -0.1) is 0 Å². The third-order valence-electron chi connectivity index (χ3n) is 6.27. The van der Waals surface area contributed by atoms with Gasteiger partial charge in [-0.05, 0) is 47.5 Å². The zero-order valence-electron chi connectivity index (χ0n) is 19.9. The molecule has 1 amide bonds. The second-order valence-electron chi connectivity index (χ2n) is 8.85. The third kappa shape index (κ3) is 5.13. The van der Waals surface area contributed by atoms with Crippen molar-refractivity contribution in [3.63, 3.8) is 0 Å². The molecule has 0 saturated heterocycles. The van der Waals surface area contributed by atoms with Gasteiger partial charge in [0.05, 0.1) is 17.3 Å². The molecule has 4 aromatic rings. The van der Waals surface area contributed by atoms with Crippen LogP contribution in [0.4, 0.5) is 8.78 Å². The Balaban J connectivity index is 1.72. The summed E-state index contributed by atoms with van der Waals surface area (Å²) in [5, 5.41) is 15.1. The van der Waals surface area contributed by atoms with E-state index in [1.165, 1.54) is 18.3 Å². The Morgan fingerprint density at radius 1 is 1.03 bits per heavy atom. The van der Waals surface area contributed by atoms with Crippen LogP contribution in [0.25, 0.3) is 22.2 Å². The van der Waals surface area contributed by atoms with Crippen LogP contribution in [0.1, 0.15) is 30.0 Å². The Bertz CT molecular complexity index is 1690. The van der Waals surface area contributed by atoms with Crippen LogP contribution < -0.4 is 5.56 Å². The summed E-state index contributed by atoms with van der Waals surface area (Å²) in [5.41, 5.74) is 1.27. The molecule has 5 rings (SSSR count). The number of aromatic amines is 1. The number of hydrogen-bond donors (Lipinski definition) is 2. The summed E-state index contributed by atoms with van der Waals surface area (Å²) in [7, 11) is 0. The maximum Gasteiger partial charge on any atom is 0.337 e. The number of aromatic nitrogens is 2. The van der Waals surface area contributed by atoms with Crippen LogP contribution in [0.3, 0.4) is 0 Å². The van der Waals surface area contributed by atoms with E-state index >= 15 is 0 Å². The number of hydrazone groups is 1. The van der Waals surface area contributed by atoms with Crippen LogP contribution in [0.5, 0.6) is 0 Å². The highest BCUT2D eigenvalue weighted by atomic mass is 35.5. The molecule has 0 bridgehead atoms. The smallest absolute Gasteiger partial charge is 0.337 e. The lowest BCUT2D eigenvalue weighted by molar-refractivity contribution is -0.167. The van der Waals surface area contributed by atoms with E-state index in [4.69, 9.17) is 28.3 Å². The molecule has 1 aliphatic rings. The van der Waals surface area contributed by atoms with E-state index in [9.17, 15) is 23.2 Å². The van der Waals surface area contributed by atoms with Crippen molar-refractivity contribution in [3.8, 4) is 11.1 Å². The second-order valence-corrected chi connectivity index (χ2v) is 9.73. The molecule has 3 heterocycles. The first-order chi connectivity index (χ1) is 18.5. The third-order valence-corrected chi connectivity index (χ3v) is 6.77. The molecule has 8 nitrogen and oxygen atoms in total. The highest BCUT2D eigenvalue weighted by Gasteiger charge is 2.49. The maximum absolute atomic E-state index is 14.7. The SMILES string of the molecule is O=C(O)CC(F)(F)C(=O)N1N=C(c2c(-c3ccc(Cl)cc3)c3cccnc3[nH]c2=O)C[C@@H]1c1ccc(Cl)cc1. The molecule has 39 heavy (non-hydrogen) atoms. The molecular formula is C27H18Cl2F2N4O4. The van der Waals surface area contributed by atoms with Gasteiger partial charge in [-0.2, -0.15) is 13.9 Å². The lowest BCUT2D eigenvalue weighted by Gasteiger charge is -2.25. The fraction of sp³-hybridized carbons (Fsp3) is 0.148. The molecule has 2 aromatic heterocycles. The molecule has 198 valence electrons. The van der Waals surface area contributed by atoms with E-state index in [0.717, 1.165) is 0 Å². The normalized spacial score (nSPS) is 15.4. The lowest BCUT2D eigenvalue weighted by atomic mass is 9.91. The average Bonchev–Trinajstić information content (AvgIpc) is 3.32. The van der Waals surface area contributed by atoms with E-state index < -0.39 is 35.8 Å². The highest BCUT2D eigenvalue weighted by Crippen LogP contribution is 2.39. The number of alkyl halides is 2. The largest absolute Gasteiger partial charge is 0.481 e.